The number of aryl methyl sites for hydroxylation is 2. The number of amides is 1. The molecule has 0 saturated carbocycles. The molecule has 0 aliphatic rings. The van der Waals surface area contributed by atoms with Gasteiger partial charge in [0.2, 0.25) is 5.91 Å². The van der Waals surface area contributed by atoms with Gasteiger partial charge in [0.25, 0.3) is 0 Å². The van der Waals surface area contributed by atoms with Gasteiger partial charge in [-0.05, 0) is 37.1 Å². The summed E-state index contributed by atoms with van der Waals surface area (Å²) in [6.07, 6.45) is 3.69. The van der Waals surface area contributed by atoms with E-state index in [1.54, 1.807) is 29.9 Å². The van der Waals surface area contributed by atoms with Crippen LogP contribution in [0.4, 0.5) is 5.69 Å². The normalized spacial score (nSPS) is 11.1. The maximum Gasteiger partial charge on any atom is 0.248 e. The highest BCUT2D eigenvalue weighted by Gasteiger charge is 2.08. The minimum Gasteiger partial charge on any atom is -0.396 e. The molecule has 1 heterocycles. The summed E-state index contributed by atoms with van der Waals surface area (Å²) in [6, 6.07) is 7.35. The van der Waals surface area contributed by atoms with Crippen LogP contribution in [0.25, 0.3) is 6.08 Å². The number of aliphatic hydroxyl groups is 1. The second kappa shape index (κ2) is 7.24. The van der Waals surface area contributed by atoms with Gasteiger partial charge in [-0.2, -0.15) is 5.10 Å². The summed E-state index contributed by atoms with van der Waals surface area (Å²) in [7, 11) is 1.75. The van der Waals surface area contributed by atoms with Crippen molar-refractivity contribution in [2.75, 3.05) is 11.9 Å². The monoisotopic (exact) mass is 319 g/mol. The predicted molar refractivity (Wildman–Crippen MR) is 87.9 cm³/mol. The molecule has 1 aromatic carbocycles. The molecule has 0 fully saturated rings. The minimum absolute atomic E-state index is 0.111. The largest absolute Gasteiger partial charge is 0.396 e. The Morgan fingerprint density at radius 2 is 2.09 bits per heavy atom. The number of halogens is 1. The van der Waals surface area contributed by atoms with E-state index in [4.69, 9.17) is 16.7 Å². The number of nitrogens with zero attached hydrogens (tertiary/aromatic N) is 2. The lowest BCUT2D eigenvalue weighted by atomic mass is 10.1. The quantitative estimate of drug-likeness (QED) is 0.832. The highest BCUT2D eigenvalue weighted by Crippen LogP contribution is 2.20. The molecule has 116 valence electrons. The number of anilines is 1. The molecule has 0 unspecified atom stereocenters. The molecule has 0 saturated heterocycles. The van der Waals surface area contributed by atoms with E-state index in [9.17, 15) is 4.79 Å². The molecule has 1 aromatic heterocycles. The van der Waals surface area contributed by atoms with Crippen molar-refractivity contribution >= 4 is 29.3 Å². The van der Waals surface area contributed by atoms with E-state index in [-0.39, 0.29) is 12.5 Å². The Bertz CT molecular complexity index is 690. The summed E-state index contributed by atoms with van der Waals surface area (Å²) in [5.41, 5.74) is 3.22. The maximum atomic E-state index is 11.9. The fourth-order valence-corrected chi connectivity index (χ4v) is 2.30. The lowest BCUT2D eigenvalue weighted by Gasteiger charge is -2.03. The molecule has 1 amide bonds. The van der Waals surface area contributed by atoms with E-state index in [2.05, 4.69) is 10.4 Å². The standard InChI is InChI=1S/C16H18ClN3O2/c1-11-14(16(17)20(2)19-11)7-8-15(22)18-13-5-3-12(4-6-13)9-10-21/h3-8,21H,9-10H2,1-2H3,(H,18,22). The fourth-order valence-electron chi connectivity index (χ4n) is 2.06. The highest BCUT2D eigenvalue weighted by atomic mass is 35.5. The van der Waals surface area contributed by atoms with Gasteiger partial charge in [0.15, 0.2) is 0 Å². The third-order valence-corrected chi connectivity index (χ3v) is 3.67. The van der Waals surface area contributed by atoms with E-state index >= 15 is 0 Å². The highest BCUT2D eigenvalue weighted by molar-refractivity contribution is 6.31. The molecule has 0 aliphatic heterocycles. The molecular weight excluding hydrogens is 302 g/mol. The van der Waals surface area contributed by atoms with Gasteiger partial charge in [0.1, 0.15) is 5.15 Å². The van der Waals surface area contributed by atoms with E-state index < -0.39 is 0 Å². The number of aliphatic hydroxyl groups excluding tert-OH is 1. The Morgan fingerprint density at radius 3 is 2.64 bits per heavy atom. The third-order valence-electron chi connectivity index (χ3n) is 3.22. The van der Waals surface area contributed by atoms with Crippen LogP contribution in [0, 0.1) is 6.92 Å². The van der Waals surface area contributed by atoms with Gasteiger partial charge in [-0.15, -0.1) is 0 Å². The first-order chi connectivity index (χ1) is 10.5. The van der Waals surface area contributed by atoms with Crippen LogP contribution in [0.5, 0.6) is 0 Å². The van der Waals surface area contributed by atoms with Crippen molar-refractivity contribution in [3.8, 4) is 0 Å². The zero-order valence-corrected chi connectivity index (χ0v) is 13.3. The van der Waals surface area contributed by atoms with Gasteiger partial charge in [0.05, 0.1) is 5.69 Å². The summed E-state index contributed by atoms with van der Waals surface area (Å²) < 4.78 is 1.56. The van der Waals surface area contributed by atoms with Crippen LogP contribution in [0.15, 0.2) is 30.3 Å². The number of carbonyl (C=O) groups excluding carboxylic acids is 1. The van der Waals surface area contributed by atoms with Crippen molar-refractivity contribution in [1.29, 1.82) is 0 Å². The topological polar surface area (TPSA) is 67.2 Å². The Morgan fingerprint density at radius 1 is 1.41 bits per heavy atom. The molecule has 0 bridgehead atoms. The van der Waals surface area contributed by atoms with Crippen molar-refractivity contribution in [3.05, 3.63) is 52.3 Å². The lowest BCUT2D eigenvalue weighted by Crippen LogP contribution is -2.07. The Labute approximate surface area is 134 Å². The molecule has 0 aliphatic carbocycles. The maximum absolute atomic E-state index is 11.9. The number of hydrogen-bond acceptors (Lipinski definition) is 3. The van der Waals surface area contributed by atoms with Crippen LogP contribution in [-0.4, -0.2) is 27.4 Å². The van der Waals surface area contributed by atoms with Crippen molar-refractivity contribution in [2.24, 2.45) is 7.05 Å². The van der Waals surface area contributed by atoms with Crippen LogP contribution in [0.2, 0.25) is 5.15 Å². The van der Waals surface area contributed by atoms with Crippen molar-refractivity contribution in [1.82, 2.24) is 9.78 Å². The van der Waals surface area contributed by atoms with Gasteiger partial charge in [0, 0.05) is 31.0 Å². The first kappa shape index (κ1) is 16.3. The van der Waals surface area contributed by atoms with Gasteiger partial charge >= 0.3 is 0 Å². The third kappa shape index (κ3) is 3.96. The van der Waals surface area contributed by atoms with Gasteiger partial charge < -0.3 is 10.4 Å². The molecular formula is C16H18ClN3O2. The van der Waals surface area contributed by atoms with Crippen molar-refractivity contribution in [3.63, 3.8) is 0 Å². The molecule has 5 nitrogen and oxygen atoms in total. The summed E-state index contributed by atoms with van der Waals surface area (Å²) in [6.45, 7) is 1.95. The SMILES string of the molecule is Cc1nn(C)c(Cl)c1C=CC(=O)Nc1ccc(CCO)cc1. The van der Waals surface area contributed by atoms with Crippen LogP contribution < -0.4 is 5.32 Å². The number of aromatic nitrogens is 2. The summed E-state index contributed by atoms with van der Waals surface area (Å²) in [5.74, 6) is -0.241. The average molecular weight is 320 g/mol. The minimum atomic E-state index is -0.241. The molecule has 0 atom stereocenters. The molecule has 0 radical (unpaired) electrons. The lowest BCUT2D eigenvalue weighted by molar-refractivity contribution is -0.111. The number of nitrogens with one attached hydrogen (secondary N) is 1. The molecule has 22 heavy (non-hydrogen) atoms. The van der Waals surface area contributed by atoms with Crippen LogP contribution in [0.1, 0.15) is 16.8 Å². The summed E-state index contributed by atoms with van der Waals surface area (Å²) >= 11 is 6.10. The van der Waals surface area contributed by atoms with Crippen molar-refractivity contribution in [2.45, 2.75) is 13.3 Å². The first-order valence-corrected chi connectivity index (χ1v) is 7.27. The number of carbonyl (C=O) groups is 1. The van der Waals surface area contributed by atoms with Gasteiger partial charge in [-0.25, -0.2) is 0 Å². The van der Waals surface area contributed by atoms with E-state index in [1.165, 1.54) is 6.08 Å². The zero-order chi connectivity index (χ0) is 16.1. The molecule has 6 heteroatoms. The zero-order valence-electron chi connectivity index (χ0n) is 12.5. The summed E-state index contributed by atoms with van der Waals surface area (Å²) in [4.78, 5) is 11.9. The van der Waals surface area contributed by atoms with Crippen LogP contribution >= 0.6 is 11.6 Å². The first-order valence-electron chi connectivity index (χ1n) is 6.89. The fraction of sp³-hybridized carbons (Fsp3) is 0.250. The molecule has 0 spiro atoms. The number of benzene rings is 1. The van der Waals surface area contributed by atoms with Crippen molar-refractivity contribution < 1.29 is 9.90 Å². The van der Waals surface area contributed by atoms with E-state index in [1.807, 2.05) is 19.1 Å². The van der Waals surface area contributed by atoms with Crippen LogP contribution in [0.3, 0.4) is 0 Å². The number of rotatable bonds is 5. The average Bonchev–Trinajstić information content (AvgIpc) is 2.72. The predicted octanol–water partition coefficient (Wildman–Crippen LogP) is 2.57. The van der Waals surface area contributed by atoms with E-state index in [0.29, 0.717) is 17.3 Å². The molecule has 2 aromatic rings. The molecule has 2 N–H and O–H groups in total. The molecule has 2 rings (SSSR count). The Hall–Kier alpha value is -2.11. The smallest absolute Gasteiger partial charge is 0.248 e. The summed E-state index contributed by atoms with van der Waals surface area (Å²) in [5, 5.41) is 16.3. The van der Waals surface area contributed by atoms with Gasteiger partial charge in [-0.1, -0.05) is 23.7 Å². The number of hydrogen-bond donors (Lipinski definition) is 2. The van der Waals surface area contributed by atoms with Gasteiger partial charge in [-0.3, -0.25) is 9.48 Å². The second-order valence-electron chi connectivity index (χ2n) is 4.91. The Balaban J connectivity index is 2.01. The second-order valence-corrected chi connectivity index (χ2v) is 5.26. The van der Waals surface area contributed by atoms with E-state index in [0.717, 1.165) is 16.8 Å². The van der Waals surface area contributed by atoms with Crippen LogP contribution in [-0.2, 0) is 18.3 Å². The Kier molecular flexibility index (Phi) is 5.35.